The molecule has 1 fully saturated rings. The highest BCUT2D eigenvalue weighted by Gasteiger charge is 2.41. The van der Waals surface area contributed by atoms with Gasteiger partial charge in [0.25, 0.3) is 0 Å². The Morgan fingerprint density at radius 3 is 2.04 bits per heavy atom. The number of carboxylic acid groups (broad SMARTS) is 1. The number of nitrogens with zero attached hydrogens (tertiary/aromatic N) is 1. The van der Waals surface area contributed by atoms with E-state index < -0.39 is 11.4 Å². The minimum atomic E-state index is -0.654. The molecular weight excluding hydrogens is 298 g/mol. The lowest BCUT2D eigenvalue weighted by molar-refractivity contribution is -0.145. The summed E-state index contributed by atoms with van der Waals surface area (Å²) >= 11 is 0. The quantitative estimate of drug-likeness (QED) is 0.791. The van der Waals surface area contributed by atoms with Crippen LogP contribution < -0.4 is 0 Å². The Hall–Kier alpha value is -1.35. The molecule has 0 amide bonds. The second kappa shape index (κ2) is 8.15. The van der Waals surface area contributed by atoms with E-state index in [1.54, 1.807) is 0 Å². The third-order valence-electron chi connectivity index (χ3n) is 5.61. The van der Waals surface area contributed by atoms with Gasteiger partial charge >= 0.3 is 5.97 Å². The van der Waals surface area contributed by atoms with E-state index in [0.29, 0.717) is 12.1 Å². The van der Waals surface area contributed by atoms with Crippen molar-refractivity contribution in [2.75, 3.05) is 6.54 Å². The Morgan fingerprint density at radius 1 is 1.04 bits per heavy atom. The highest BCUT2D eigenvalue weighted by atomic mass is 16.4. The van der Waals surface area contributed by atoms with Crippen LogP contribution in [0, 0.1) is 0 Å². The summed E-state index contributed by atoms with van der Waals surface area (Å²) in [6, 6.07) is 9.47. The number of hydrogen-bond acceptors (Lipinski definition) is 2. The summed E-state index contributed by atoms with van der Waals surface area (Å²) in [5, 5.41) is 9.80. The predicted octanol–water partition coefficient (Wildman–Crippen LogP) is 4.63. The Balaban J connectivity index is 2.08. The smallest absolute Gasteiger partial charge is 0.314 e. The van der Waals surface area contributed by atoms with E-state index in [9.17, 15) is 9.90 Å². The normalized spacial score (nSPS) is 17.6. The van der Waals surface area contributed by atoms with Crippen LogP contribution in [0.1, 0.15) is 70.9 Å². The first-order chi connectivity index (χ1) is 11.4. The molecule has 0 bridgehead atoms. The van der Waals surface area contributed by atoms with Crippen LogP contribution in [0.25, 0.3) is 0 Å². The van der Waals surface area contributed by atoms with Crippen molar-refractivity contribution in [1.82, 2.24) is 4.90 Å². The van der Waals surface area contributed by atoms with E-state index in [1.807, 2.05) is 0 Å². The lowest BCUT2D eigenvalue weighted by Crippen LogP contribution is -2.38. The van der Waals surface area contributed by atoms with Crippen molar-refractivity contribution >= 4 is 5.97 Å². The van der Waals surface area contributed by atoms with Gasteiger partial charge in [-0.2, -0.15) is 0 Å². The number of carbonyl (C=O) groups is 1. The van der Waals surface area contributed by atoms with Crippen LogP contribution in [-0.4, -0.2) is 34.6 Å². The monoisotopic (exact) mass is 331 g/mol. The van der Waals surface area contributed by atoms with E-state index in [2.05, 4.69) is 56.9 Å². The SMILES string of the molecule is CC(C)N(CCc1ccc(C2(C(=O)O)CCCCC2)cc1)C(C)C. The zero-order valence-corrected chi connectivity index (χ0v) is 15.7. The van der Waals surface area contributed by atoms with Gasteiger partial charge in [-0.3, -0.25) is 9.69 Å². The first kappa shape index (κ1) is 19.0. The molecule has 0 radical (unpaired) electrons. The molecule has 1 aliphatic rings. The van der Waals surface area contributed by atoms with Crippen molar-refractivity contribution < 1.29 is 9.90 Å². The van der Waals surface area contributed by atoms with Crippen molar-refractivity contribution in [3.63, 3.8) is 0 Å². The van der Waals surface area contributed by atoms with Gasteiger partial charge in [0.2, 0.25) is 0 Å². The molecule has 3 nitrogen and oxygen atoms in total. The predicted molar refractivity (Wildman–Crippen MR) is 99.5 cm³/mol. The topological polar surface area (TPSA) is 40.5 Å². The van der Waals surface area contributed by atoms with Crippen LogP contribution >= 0.6 is 0 Å². The molecular formula is C21H33NO2. The number of aliphatic carboxylic acids is 1. The maximum absolute atomic E-state index is 11.9. The van der Waals surface area contributed by atoms with Crippen LogP contribution in [0.4, 0.5) is 0 Å². The third kappa shape index (κ3) is 4.18. The molecule has 0 aromatic heterocycles. The summed E-state index contributed by atoms with van der Waals surface area (Å²) in [6.45, 7) is 10.00. The molecule has 0 aliphatic heterocycles. The summed E-state index contributed by atoms with van der Waals surface area (Å²) in [7, 11) is 0. The van der Waals surface area contributed by atoms with E-state index in [0.717, 1.165) is 50.6 Å². The number of hydrogen-bond donors (Lipinski definition) is 1. The van der Waals surface area contributed by atoms with Gasteiger partial charge in [0.05, 0.1) is 5.41 Å². The first-order valence-electron chi connectivity index (χ1n) is 9.45. The lowest BCUT2D eigenvalue weighted by atomic mass is 9.69. The van der Waals surface area contributed by atoms with Gasteiger partial charge < -0.3 is 5.11 Å². The van der Waals surface area contributed by atoms with Crippen LogP contribution in [0.15, 0.2) is 24.3 Å². The molecule has 0 atom stereocenters. The highest BCUT2D eigenvalue weighted by molar-refractivity contribution is 5.81. The Morgan fingerprint density at radius 2 is 1.58 bits per heavy atom. The second-order valence-electron chi connectivity index (χ2n) is 7.82. The Kier molecular flexibility index (Phi) is 6.45. The molecule has 0 spiro atoms. The van der Waals surface area contributed by atoms with Gasteiger partial charge in [-0.25, -0.2) is 0 Å². The molecule has 24 heavy (non-hydrogen) atoms. The number of carboxylic acids is 1. The molecule has 1 aromatic rings. The fourth-order valence-electron chi connectivity index (χ4n) is 4.14. The fraction of sp³-hybridized carbons (Fsp3) is 0.667. The fourth-order valence-corrected chi connectivity index (χ4v) is 4.14. The van der Waals surface area contributed by atoms with E-state index in [1.165, 1.54) is 5.56 Å². The molecule has 1 saturated carbocycles. The summed E-state index contributed by atoms with van der Waals surface area (Å²) in [5.74, 6) is -0.652. The minimum Gasteiger partial charge on any atom is -0.481 e. The van der Waals surface area contributed by atoms with E-state index in [-0.39, 0.29) is 0 Å². The van der Waals surface area contributed by atoms with Crippen molar-refractivity contribution in [3.8, 4) is 0 Å². The van der Waals surface area contributed by atoms with Gasteiger partial charge in [-0.05, 0) is 58.1 Å². The largest absolute Gasteiger partial charge is 0.481 e. The maximum Gasteiger partial charge on any atom is 0.314 e. The van der Waals surface area contributed by atoms with E-state index >= 15 is 0 Å². The van der Waals surface area contributed by atoms with Crippen LogP contribution in [0.3, 0.4) is 0 Å². The van der Waals surface area contributed by atoms with Crippen molar-refractivity contribution in [2.45, 2.75) is 83.7 Å². The van der Waals surface area contributed by atoms with Crippen LogP contribution in [0.2, 0.25) is 0 Å². The van der Waals surface area contributed by atoms with Crippen molar-refractivity contribution in [1.29, 1.82) is 0 Å². The molecule has 1 aliphatic carbocycles. The standard InChI is InChI=1S/C21H33NO2/c1-16(2)22(17(3)4)15-12-18-8-10-19(11-9-18)21(20(23)24)13-6-5-7-14-21/h8-11,16-17H,5-7,12-15H2,1-4H3,(H,23,24). The average Bonchev–Trinajstić information content (AvgIpc) is 2.55. The zero-order chi connectivity index (χ0) is 17.7. The van der Waals surface area contributed by atoms with Gasteiger partial charge in [-0.15, -0.1) is 0 Å². The summed E-state index contributed by atoms with van der Waals surface area (Å²) in [6.07, 6.45) is 5.76. The van der Waals surface area contributed by atoms with Gasteiger partial charge in [0.15, 0.2) is 0 Å². The summed E-state index contributed by atoms with van der Waals surface area (Å²) < 4.78 is 0. The Labute approximate surface area is 147 Å². The first-order valence-corrected chi connectivity index (χ1v) is 9.45. The molecule has 134 valence electrons. The number of benzene rings is 1. The molecule has 1 N–H and O–H groups in total. The van der Waals surface area contributed by atoms with Crippen molar-refractivity contribution in [3.05, 3.63) is 35.4 Å². The maximum atomic E-state index is 11.9. The van der Waals surface area contributed by atoms with Gasteiger partial charge in [0, 0.05) is 18.6 Å². The molecule has 0 heterocycles. The molecule has 0 saturated heterocycles. The third-order valence-corrected chi connectivity index (χ3v) is 5.61. The molecule has 3 heteroatoms. The zero-order valence-electron chi connectivity index (χ0n) is 15.7. The second-order valence-corrected chi connectivity index (χ2v) is 7.82. The molecule has 1 aromatic carbocycles. The van der Waals surface area contributed by atoms with E-state index in [4.69, 9.17) is 0 Å². The Bertz CT molecular complexity index is 519. The van der Waals surface area contributed by atoms with Gasteiger partial charge in [0.1, 0.15) is 0 Å². The molecule has 2 rings (SSSR count). The summed E-state index contributed by atoms with van der Waals surface area (Å²) in [5.41, 5.74) is 1.63. The lowest BCUT2D eigenvalue weighted by Gasteiger charge is -2.34. The highest BCUT2D eigenvalue weighted by Crippen LogP contribution is 2.39. The minimum absolute atomic E-state index is 0.543. The van der Waals surface area contributed by atoms with Crippen LogP contribution in [0.5, 0.6) is 0 Å². The molecule has 0 unspecified atom stereocenters. The number of rotatable bonds is 7. The average molecular weight is 332 g/mol. The van der Waals surface area contributed by atoms with Crippen molar-refractivity contribution in [2.24, 2.45) is 0 Å². The van der Waals surface area contributed by atoms with Crippen LogP contribution in [-0.2, 0) is 16.6 Å². The van der Waals surface area contributed by atoms with Gasteiger partial charge in [-0.1, -0.05) is 43.5 Å². The summed E-state index contributed by atoms with van der Waals surface area (Å²) in [4.78, 5) is 14.4.